The first-order valence-corrected chi connectivity index (χ1v) is 9.47. The summed E-state index contributed by atoms with van der Waals surface area (Å²) in [7, 11) is 0. The van der Waals surface area contributed by atoms with E-state index >= 15 is 0 Å². The van der Waals surface area contributed by atoms with E-state index < -0.39 is 18.0 Å². The Morgan fingerprint density at radius 2 is 1.89 bits per heavy atom. The van der Waals surface area contributed by atoms with Crippen molar-refractivity contribution in [3.63, 3.8) is 0 Å². The molecule has 0 fully saturated rings. The maximum absolute atomic E-state index is 12.4. The molecule has 3 rings (SSSR count). The van der Waals surface area contributed by atoms with Crippen LogP contribution in [0.25, 0.3) is 10.8 Å². The minimum atomic E-state index is -0.636. The molecule has 27 heavy (non-hydrogen) atoms. The number of hydrogen-bond donors (Lipinski definition) is 2. The molecule has 0 unspecified atom stereocenters. The molecule has 6 nitrogen and oxygen atoms in total. The van der Waals surface area contributed by atoms with Crippen LogP contribution in [-0.2, 0) is 16.0 Å². The van der Waals surface area contributed by atoms with E-state index in [-0.39, 0.29) is 22.9 Å². The molecule has 1 atom stereocenters. The molecule has 1 heterocycles. The number of fused-ring (bicyclic) bond motifs is 3. The fraction of sp³-hybridized carbons (Fsp3) is 0.400. The van der Waals surface area contributed by atoms with E-state index in [1.54, 1.807) is 0 Å². The molecule has 0 aliphatic carbocycles. The van der Waals surface area contributed by atoms with Crippen molar-refractivity contribution in [2.45, 2.75) is 45.3 Å². The molecule has 2 aromatic carbocycles. The van der Waals surface area contributed by atoms with E-state index in [4.69, 9.17) is 14.2 Å². The highest BCUT2D eigenvalue weighted by Crippen LogP contribution is 2.50. The van der Waals surface area contributed by atoms with Crippen LogP contribution >= 0.6 is 12.6 Å². The van der Waals surface area contributed by atoms with Crippen molar-refractivity contribution in [3.8, 4) is 17.2 Å². The van der Waals surface area contributed by atoms with Crippen LogP contribution in [0.1, 0.15) is 32.8 Å². The lowest BCUT2D eigenvalue weighted by atomic mass is 9.91. The summed E-state index contributed by atoms with van der Waals surface area (Å²) in [4.78, 5) is 24.2. The van der Waals surface area contributed by atoms with E-state index in [9.17, 15) is 9.59 Å². The summed E-state index contributed by atoms with van der Waals surface area (Å²) in [6.45, 7) is 5.35. The van der Waals surface area contributed by atoms with Crippen molar-refractivity contribution in [3.05, 3.63) is 29.8 Å². The second-order valence-electron chi connectivity index (χ2n) is 7.27. The van der Waals surface area contributed by atoms with Crippen LogP contribution in [0.15, 0.2) is 24.3 Å². The van der Waals surface area contributed by atoms with Crippen molar-refractivity contribution in [1.82, 2.24) is 0 Å². The number of rotatable bonds is 4. The van der Waals surface area contributed by atoms with Gasteiger partial charge in [0.2, 0.25) is 0 Å². The monoisotopic (exact) mass is 390 g/mol. The van der Waals surface area contributed by atoms with Gasteiger partial charge in [0.05, 0.1) is 5.75 Å². The Morgan fingerprint density at radius 3 is 2.52 bits per heavy atom. The lowest BCUT2D eigenvalue weighted by molar-refractivity contribution is -0.399. The zero-order chi connectivity index (χ0) is 19.8. The second-order valence-corrected chi connectivity index (χ2v) is 7.63. The Balaban J connectivity index is 2.26. The first kappa shape index (κ1) is 19.5. The average molecular weight is 390 g/mol. The van der Waals surface area contributed by atoms with Gasteiger partial charge in [0, 0.05) is 23.3 Å². The number of benzene rings is 2. The Labute approximate surface area is 163 Å². The zero-order valence-electron chi connectivity index (χ0n) is 15.7. The van der Waals surface area contributed by atoms with Gasteiger partial charge in [-0.15, -0.1) is 0 Å². The number of hydrogen-bond acceptors (Lipinski definition) is 6. The standard InChI is InChI=1S/C20H23NO5S/c1-11(22)24-18-14-8-9-20(2,3)26-16(14)12-6-4-5-7-13(12)17(18)25-19(23)15(21)10-27/h4-7,15,27H,8-10,21H2,1-3H3/p+1/t15-/m0/s1. The third kappa shape index (κ3) is 3.89. The average Bonchev–Trinajstić information content (AvgIpc) is 2.62. The fourth-order valence-electron chi connectivity index (χ4n) is 3.11. The molecule has 0 amide bonds. The number of thiol groups is 1. The van der Waals surface area contributed by atoms with Gasteiger partial charge < -0.3 is 19.9 Å². The van der Waals surface area contributed by atoms with Crippen LogP contribution in [0.5, 0.6) is 17.2 Å². The van der Waals surface area contributed by atoms with Crippen molar-refractivity contribution in [2.75, 3.05) is 5.75 Å². The van der Waals surface area contributed by atoms with E-state index in [1.165, 1.54) is 6.92 Å². The molecule has 0 spiro atoms. The van der Waals surface area contributed by atoms with Crippen LogP contribution < -0.4 is 19.9 Å². The molecule has 144 valence electrons. The minimum Gasteiger partial charge on any atom is -0.487 e. The van der Waals surface area contributed by atoms with Crippen molar-refractivity contribution in [1.29, 1.82) is 0 Å². The van der Waals surface area contributed by atoms with E-state index in [0.29, 0.717) is 17.6 Å². The molecule has 0 saturated heterocycles. The van der Waals surface area contributed by atoms with Gasteiger partial charge in [0.25, 0.3) is 0 Å². The number of carbonyl (C=O) groups excluding carboxylic acids is 2. The first-order valence-electron chi connectivity index (χ1n) is 8.84. The van der Waals surface area contributed by atoms with Crippen LogP contribution in [0, 0.1) is 0 Å². The highest BCUT2D eigenvalue weighted by molar-refractivity contribution is 7.80. The Bertz CT molecular complexity index is 909. The molecule has 0 aromatic heterocycles. The van der Waals surface area contributed by atoms with Crippen molar-refractivity contribution in [2.24, 2.45) is 0 Å². The molecule has 1 aliphatic heterocycles. The third-order valence-corrected chi connectivity index (χ3v) is 4.97. The molecule has 0 bridgehead atoms. The SMILES string of the molecule is CC(=O)Oc1c2c(c3ccccc3c1OC(=O)[C@@H]([NH3+])CS)OC(C)(C)CC2. The molecular weight excluding hydrogens is 366 g/mol. The van der Waals surface area contributed by atoms with Gasteiger partial charge >= 0.3 is 11.9 Å². The van der Waals surface area contributed by atoms with E-state index in [2.05, 4.69) is 18.4 Å². The molecule has 7 heteroatoms. The number of quaternary nitrogens is 1. The normalized spacial score (nSPS) is 16.2. The Morgan fingerprint density at radius 1 is 1.22 bits per heavy atom. The lowest BCUT2D eigenvalue weighted by Crippen LogP contribution is -2.67. The van der Waals surface area contributed by atoms with Crippen LogP contribution in [0.4, 0.5) is 0 Å². The quantitative estimate of drug-likeness (QED) is 0.475. The summed E-state index contributed by atoms with van der Waals surface area (Å²) in [5.74, 6) is 0.366. The summed E-state index contributed by atoms with van der Waals surface area (Å²) in [6.07, 6.45) is 1.38. The third-order valence-electron chi connectivity index (χ3n) is 4.53. The predicted molar refractivity (Wildman–Crippen MR) is 104 cm³/mol. The molecule has 0 saturated carbocycles. The van der Waals surface area contributed by atoms with Crippen LogP contribution in [0.2, 0.25) is 0 Å². The Hall–Kier alpha value is -2.25. The number of esters is 2. The smallest absolute Gasteiger partial charge is 0.371 e. The topological polar surface area (TPSA) is 89.5 Å². The molecule has 0 radical (unpaired) electrons. The Kier molecular flexibility index (Phi) is 5.35. The largest absolute Gasteiger partial charge is 0.487 e. The van der Waals surface area contributed by atoms with Gasteiger partial charge in [-0.3, -0.25) is 4.79 Å². The number of ether oxygens (including phenoxy) is 3. The van der Waals surface area contributed by atoms with Gasteiger partial charge in [-0.25, -0.2) is 4.79 Å². The van der Waals surface area contributed by atoms with Crippen LogP contribution in [0.3, 0.4) is 0 Å². The maximum atomic E-state index is 12.4. The summed E-state index contributed by atoms with van der Waals surface area (Å²) in [5, 5.41) is 1.45. The summed E-state index contributed by atoms with van der Waals surface area (Å²) < 4.78 is 17.4. The second kappa shape index (κ2) is 7.40. The molecule has 2 aromatic rings. The summed E-state index contributed by atoms with van der Waals surface area (Å²) in [5.41, 5.74) is 4.14. The lowest BCUT2D eigenvalue weighted by Gasteiger charge is -2.34. The predicted octanol–water partition coefficient (Wildman–Crippen LogP) is 2.31. The summed E-state index contributed by atoms with van der Waals surface area (Å²) >= 11 is 4.11. The fourth-order valence-corrected chi connectivity index (χ4v) is 3.26. The van der Waals surface area contributed by atoms with Crippen molar-refractivity contribution < 1.29 is 29.5 Å². The van der Waals surface area contributed by atoms with Gasteiger partial charge in [-0.1, -0.05) is 24.3 Å². The summed E-state index contributed by atoms with van der Waals surface area (Å²) in [6, 6.07) is 6.81. The highest BCUT2D eigenvalue weighted by Gasteiger charge is 2.34. The number of carbonyl (C=O) groups is 2. The van der Waals surface area contributed by atoms with Crippen molar-refractivity contribution >= 4 is 35.3 Å². The molecule has 1 aliphatic rings. The maximum Gasteiger partial charge on any atom is 0.371 e. The van der Waals surface area contributed by atoms with Gasteiger partial charge in [0.1, 0.15) is 11.4 Å². The first-order chi connectivity index (χ1) is 12.7. The molecular formula is C20H24NO5S+. The zero-order valence-corrected chi connectivity index (χ0v) is 16.6. The van der Waals surface area contributed by atoms with E-state index in [0.717, 1.165) is 17.4 Å². The molecule has 3 N–H and O–H groups in total. The van der Waals surface area contributed by atoms with E-state index in [1.807, 2.05) is 38.1 Å². The van der Waals surface area contributed by atoms with Gasteiger partial charge in [0.15, 0.2) is 17.5 Å². The van der Waals surface area contributed by atoms with Gasteiger partial charge in [-0.2, -0.15) is 12.6 Å². The minimum absolute atomic E-state index is 0.225. The van der Waals surface area contributed by atoms with Crippen LogP contribution in [-0.4, -0.2) is 29.3 Å². The highest BCUT2D eigenvalue weighted by atomic mass is 32.1. The van der Waals surface area contributed by atoms with Gasteiger partial charge in [-0.05, 0) is 26.7 Å².